The predicted molar refractivity (Wildman–Crippen MR) is 27.5 cm³/mol. The standard InChI is InChI=1S/CH3ClOS2/c1-4-5(2)3/h1H3/i4+3. The van der Waals surface area contributed by atoms with Gasteiger partial charge in [-0.05, 0) is 17.0 Å². The number of hydrogen-bond acceptors (Lipinski definition) is 2. The highest BCUT2D eigenvalue weighted by atomic mass is 35.8. The molecule has 32 valence electrons. The van der Waals surface area contributed by atoms with E-state index in [-0.39, 0.29) is 0 Å². The van der Waals surface area contributed by atoms with E-state index in [2.05, 4.69) is 0 Å². The van der Waals surface area contributed by atoms with Gasteiger partial charge in [0.25, 0.3) is 0 Å². The molecule has 0 saturated heterocycles. The van der Waals surface area contributed by atoms with Gasteiger partial charge in [0.2, 0.25) is 0 Å². The van der Waals surface area contributed by atoms with Crippen LogP contribution in [0.1, 0.15) is 0 Å². The molecule has 0 radical (unpaired) electrons. The average molecular weight is 134 g/mol. The SMILES string of the molecule is C[35S]S(=O)Cl. The molecular weight excluding hydrogens is 130 g/mol. The second-order valence-electron chi connectivity index (χ2n) is 0.361. The van der Waals surface area contributed by atoms with Gasteiger partial charge in [-0.1, -0.05) is 0 Å². The lowest BCUT2D eigenvalue weighted by Crippen LogP contribution is -1.55. The van der Waals surface area contributed by atoms with E-state index < -0.39 is 9.05 Å². The molecule has 0 rings (SSSR count). The molecule has 0 aromatic heterocycles. The molecule has 0 bridgehead atoms. The van der Waals surface area contributed by atoms with E-state index >= 15 is 0 Å². The van der Waals surface area contributed by atoms with E-state index in [9.17, 15) is 4.21 Å². The van der Waals surface area contributed by atoms with Gasteiger partial charge in [-0.15, -0.1) is 0 Å². The molecule has 0 spiro atoms. The Bertz CT molecular complexity index is 44.9. The number of rotatable bonds is 1. The minimum absolute atomic E-state index is 1.12. The molecule has 1 unspecified atom stereocenters. The topological polar surface area (TPSA) is 17.1 Å². The molecule has 0 amide bonds. The third-order valence-corrected chi connectivity index (χ3v) is 2.31. The van der Waals surface area contributed by atoms with Gasteiger partial charge in [-0.3, -0.25) is 0 Å². The van der Waals surface area contributed by atoms with Crippen molar-refractivity contribution in [3.8, 4) is 0 Å². The van der Waals surface area contributed by atoms with Crippen LogP contribution in [0.25, 0.3) is 0 Å². The summed E-state index contributed by atoms with van der Waals surface area (Å²) in [5.41, 5.74) is 0. The average Bonchev–Trinajstić information content (AvgIpc) is 1.38. The van der Waals surface area contributed by atoms with E-state index in [0.717, 1.165) is 10.8 Å². The van der Waals surface area contributed by atoms with Crippen LogP contribution in [0, 0.1) is 0 Å². The Morgan fingerprint density at radius 3 is 2.20 bits per heavy atom. The fraction of sp³-hybridized carbons (Fsp3) is 1.00. The summed E-state index contributed by atoms with van der Waals surface area (Å²) in [5, 5.41) is 0. The molecular formula is CH3ClOS2. The zero-order valence-corrected chi connectivity index (χ0v) is 4.99. The van der Waals surface area contributed by atoms with E-state index in [1.165, 1.54) is 0 Å². The Labute approximate surface area is 41.4 Å². The van der Waals surface area contributed by atoms with Crippen LogP contribution in [-0.2, 0) is 9.05 Å². The van der Waals surface area contributed by atoms with Crippen molar-refractivity contribution in [2.24, 2.45) is 0 Å². The van der Waals surface area contributed by atoms with E-state index in [4.69, 9.17) is 10.7 Å². The van der Waals surface area contributed by atoms with E-state index in [0.29, 0.717) is 0 Å². The highest BCUT2D eigenvalue weighted by molar-refractivity contribution is 8.76. The quantitative estimate of drug-likeness (QED) is 0.395. The van der Waals surface area contributed by atoms with Gasteiger partial charge in [0, 0.05) is 10.7 Å². The normalized spacial score (nSPS) is 14.8. The Hall–Kier alpha value is 0.790. The number of halogens is 1. The van der Waals surface area contributed by atoms with Crippen LogP contribution in [0.4, 0.5) is 0 Å². The van der Waals surface area contributed by atoms with Gasteiger partial charge < -0.3 is 0 Å². The van der Waals surface area contributed by atoms with Gasteiger partial charge in [-0.25, -0.2) is 4.21 Å². The second-order valence-corrected chi connectivity index (χ2v) is 4.38. The van der Waals surface area contributed by atoms with Gasteiger partial charge in [0.1, 0.15) is 0 Å². The Balaban J connectivity index is 2.85. The van der Waals surface area contributed by atoms with Crippen LogP contribution in [0.3, 0.4) is 0 Å². The third kappa shape index (κ3) is 4.79. The fourth-order valence-electron chi connectivity index (χ4n) is 0. The maximum atomic E-state index is 9.65. The minimum Gasteiger partial charge on any atom is -0.231 e. The first-order valence-corrected chi connectivity index (χ1v) is 4.61. The first kappa shape index (κ1) is 5.79. The van der Waals surface area contributed by atoms with Crippen molar-refractivity contribution in [2.75, 3.05) is 6.26 Å². The van der Waals surface area contributed by atoms with Crippen LogP contribution >= 0.6 is 21.5 Å². The molecule has 5 heavy (non-hydrogen) atoms. The van der Waals surface area contributed by atoms with Crippen molar-refractivity contribution in [3.63, 3.8) is 0 Å². The van der Waals surface area contributed by atoms with E-state index in [1.54, 1.807) is 6.26 Å². The molecule has 0 fully saturated rings. The molecule has 1 atom stereocenters. The summed E-state index contributed by atoms with van der Waals surface area (Å²) in [5.74, 6) is 0. The second kappa shape index (κ2) is 3.00. The monoisotopic (exact) mass is 133 g/mol. The van der Waals surface area contributed by atoms with Crippen molar-refractivity contribution in [3.05, 3.63) is 0 Å². The summed E-state index contributed by atoms with van der Waals surface area (Å²) < 4.78 is 9.65. The largest absolute Gasteiger partial charge is 0.231 e. The maximum absolute atomic E-state index is 9.65. The zero-order chi connectivity index (χ0) is 4.28. The third-order valence-electron chi connectivity index (χ3n) is 0.131. The lowest BCUT2D eigenvalue weighted by atomic mass is 12.0. The van der Waals surface area contributed by atoms with Crippen molar-refractivity contribution in [1.82, 2.24) is 0 Å². The van der Waals surface area contributed by atoms with Crippen molar-refractivity contribution >= 4 is 30.5 Å². The molecule has 1 nitrogen and oxygen atoms in total. The number of hydrogen-bond donors (Lipinski definition) is 0. The summed E-state index contributed by atoms with van der Waals surface area (Å²) >= 11 is 0. The highest BCUT2D eigenvalue weighted by Gasteiger charge is 1.78. The zero-order valence-electron chi connectivity index (χ0n) is 2.60. The first-order chi connectivity index (χ1) is 2.27. The molecule has 0 heterocycles. The molecule has 0 aromatic carbocycles. The molecule has 0 saturated carbocycles. The van der Waals surface area contributed by atoms with Gasteiger partial charge in [-0.2, -0.15) is 0 Å². The van der Waals surface area contributed by atoms with Crippen LogP contribution in [0.2, 0.25) is 0 Å². The van der Waals surface area contributed by atoms with E-state index in [1.807, 2.05) is 0 Å². The smallest absolute Gasteiger partial charge is 0.175 e. The van der Waals surface area contributed by atoms with Gasteiger partial charge in [0.05, 0.1) is 0 Å². The lowest BCUT2D eigenvalue weighted by Gasteiger charge is -1.70. The first-order valence-electron chi connectivity index (χ1n) is 0.896. The Kier molecular flexibility index (Phi) is 3.47. The summed E-state index contributed by atoms with van der Waals surface area (Å²) in [6.07, 6.45) is 1.68. The van der Waals surface area contributed by atoms with Crippen molar-refractivity contribution in [2.45, 2.75) is 0 Å². The Morgan fingerprint density at radius 2 is 2.20 bits per heavy atom. The molecule has 0 aliphatic rings. The summed E-state index contributed by atoms with van der Waals surface area (Å²) in [7, 11) is 4.83. The summed E-state index contributed by atoms with van der Waals surface area (Å²) in [6, 6.07) is 0. The van der Waals surface area contributed by atoms with Crippen LogP contribution in [0.15, 0.2) is 0 Å². The van der Waals surface area contributed by atoms with Gasteiger partial charge >= 0.3 is 0 Å². The van der Waals surface area contributed by atoms with Gasteiger partial charge in [0.15, 0.2) is 9.05 Å². The minimum atomic E-state index is -1.18. The fourth-order valence-corrected chi connectivity index (χ4v) is 0. The molecule has 4 heteroatoms. The molecule has 0 aliphatic carbocycles. The lowest BCUT2D eigenvalue weighted by molar-refractivity contribution is 0.698. The highest BCUT2D eigenvalue weighted by Crippen LogP contribution is 2.03. The van der Waals surface area contributed by atoms with Crippen LogP contribution in [-0.4, -0.2) is 10.5 Å². The maximum Gasteiger partial charge on any atom is 0.175 e. The predicted octanol–water partition coefficient (Wildman–Crippen LogP) is 1.17. The van der Waals surface area contributed by atoms with Crippen LogP contribution < -0.4 is 0 Å². The van der Waals surface area contributed by atoms with Crippen molar-refractivity contribution in [1.29, 1.82) is 0 Å². The molecule has 0 N–H and O–H groups in total. The Morgan fingerprint density at radius 1 is 2.00 bits per heavy atom. The summed E-state index contributed by atoms with van der Waals surface area (Å²) in [4.78, 5) is 0. The van der Waals surface area contributed by atoms with Crippen LogP contribution in [0.5, 0.6) is 0 Å². The molecule has 0 aliphatic heterocycles. The molecule has 0 aromatic rings. The van der Waals surface area contributed by atoms with Crippen molar-refractivity contribution < 1.29 is 4.21 Å². The summed E-state index contributed by atoms with van der Waals surface area (Å²) in [6.45, 7) is 0.